The lowest BCUT2D eigenvalue weighted by Gasteiger charge is -2.22. The molecule has 0 saturated heterocycles. The number of carbonyl (C=O) groups excluding carboxylic acids is 2. The molecule has 2 atom stereocenters. The van der Waals surface area contributed by atoms with Gasteiger partial charge in [0.15, 0.2) is 0 Å². The average Bonchev–Trinajstić information content (AvgIpc) is 3.37. The molecule has 0 saturated carbocycles. The number of aliphatic hydroxyl groups is 2. The van der Waals surface area contributed by atoms with Crippen LogP contribution in [0.4, 0.5) is 0 Å². The number of amides is 1. The molecule has 0 spiro atoms. The van der Waals surface area contributed by atoms with Gasteiger partial charge in [-0.15, -0.1) is 0 Å². The minimum absolute atomic E-state index is 0.0241. The van der Waals surface area contributed by atoms with Crippen LogP contribution < -0.4 is 5.32 Å². The van der Waals surface area contributed by atoms with Gasteiger partial charge in [0, 0.05) is 12.8 Å². The van der Waals surface area contributed by atoms with Gasteiger partial charge in [0.25, 0.3) is 0 Å². The molecule has 0 aliphatic rings. The van der Waals surface area contributed by atoms with Gasteiger partial charge in [-0.2, -0.15) is 0 Å². The molecule has 0 bridgehead atoms. The molecule has 0 aromatic carbocycles. The molecule has 0 radical (unpaired) electrons. The van der Waals surface area contributed by atoms with Crippen LogP contribution in [0.1, 0.15) is 341 Å². The van der Waals surface area contributed by atoms with E-state index in [2.05, 4.69) is 55.6 Å². The van der Waals surface area contributed by atoms with Gasteiger partial charge in [-0.3, -0.25) is 9.59 Å². The van der Waals surface area contributed by atoms with Crippen molar-refractivity contribution in [2.45, 2.75) is 353 Å². The molecule has 0 aromatic heterocycles. The summed E-state index contributed by atoms with van der Waals surface area (Å²) >= 11 is 0. The summed E-state index contributed by atoms with van der Waals surface area (Å²) in [5.41, 5.74) is 0. The standard InChI is InChI=1S/C65H123NO5/c1-3-5-7-9-11-13-15-16-17-18-19-20-21-22-23-25-28-31-34-38-41-45-49-53-57-63(68)62(61-67)66-64(69)58-54-50-46-42-39-35-32-29-26-24-27-30-33-36-40-44-48-52-56-60-71-65(70)59-55-51-47-43-37-14-12-10-8-6-4-2/h10,12,30,33,36,40,62-63,67-68H,3-9,11,13-29,31-32,34-35,37-39,41-61H2,1-2H3,(H,66,69)/b12-10-,33-30-,40-36-. The van der Waals surface area contributed by atoms with Crippen LogP contribution in [0.25, 0.3) is 0 Å². The first-order valence-corrected chi connectivity index (χ1v) is 31.8. The van der Waals surface area contributed by atoms with Gasteiger partial charge >= 0.3 is 5.97 Å². The van der Waals surface area contributed by atoms with Crippen LogP contribution in [0, 0.1) is 0 Å². The second-order valence-corrected chi connectivity index (χ2v) is 21.8. The predicted octanol–water partition coefficient (Wildman–Crippen LogP) is 20.0. The molecular formula is C65H123NO5. The summed E-state index contributed by atoms with van der Waals surface area (Å²) in [6, 6.07) is -0.551. The fraction of sp³-hybridized carbons (Fsp3) is 0.877. The third-order valence-corrected chi connectivity index (χ3v) is 14.7. The number of rotatable bonds is 59. The van der Waals surface area contributed by atoms with Crippen LogP contribution >= 0.6 is 0 Å². The summed E-state index contributed by atoms with van der Waals surface area (Å²) in [5.74, 6) is -0.0659. The second kappa shape index (κ2) is 60.6. The van der Waals surface area contributed by atoms with Gasteiger partial charge in [0.05, 0.1) is 25.4 Å². The molecule has 3 N–H and O–H groups in total. The molecule has 6 heteroatoms. The quantitative estimate of drug-likeness (QED) is 0.0244. The van der Waals surface area contributed by atoms with E-state index in [1.807, 2.05) is 0 Å². The van der Waals surface area contributed by atoms with Crippen LogP contribution in [0.3, 0.4) is 0 Å². The van der Waals surface area contributed by atoms with Crippen molar-refractivity contribution >= 4 is 11.9 Å². The van der Waals surface area contributed by atoms with Crippen molar-refractivity contribution in [2.24, 2.45) is 0 Å². The maximum absolute atomic E-state index is 12.5. The number of hydrogen-bond acceptors (Lipinski definition) is 5. The number of unbranched alkanes of at least 4 members (excludes halogenated alkanes) is 43. The molecule has 1 amide bonds. The summed E-state index contributed by atoms with van der Waals surface area (Å²) in [4.78, 5) is 24.5. The Morgan fingerprint density at radius 2 is 0.718 bits per heavy atom. The monoisotopic (exact) mass is 998 g/mol. The number of aliphatic hydroxyl groups excluding tert-OH is 2. The van der Waals surface area contributed by atoms with Crippen molar-refractivity contribution in [2.75, 3.05) is 13.2 Å². The first-order chi connectivity index (χ1) is 35.0. The van der Waals surface area contributed by atoms with E-state index >= 15 is 0 Å². The SMILES string of the molecule is CCCC/C=C\CCCCCCCC(=O)OCCCCC/C=C\C=C/CCCCCCCCCCCCC(=O)NC(CO)C(O)CCCCCCCCCCCCCCCCCCCCCCCCCC. The van der Waals surface area contributed by atoms with Crippen molar-refractivity contribution in [3.8, 4) is 0 Å². The largest absolute Gasteiger partial charge is 0.466 e. The van der Waals surface area contributed by atoms with E-state index in [0.717, 1.165) is 70.6 Å². The van der Waals surface area contributed by atoms with Gasteiger partial charge in [-0.1, -0.05) is 288 Å². The molecule has 0 aromatic rings. The van der Waals surface area contributed by atoms with Crippen molar-refractivity contribution in [3.63, 3.8) is 0 Å². The van der Waals surface area contributed by atoms with E-state index < -0.39 is 12.1 Å². The van der Waals surface area contributed by atoms with Gasteiger partial charge in [0.2, 0.25) is 5.91 Å². The fourth-order valence-electron chi connectivity index (χ4n) is 9.79. The zero-order chi connectivity index (χ0) is 51.4. The summed E-state index contributed by atoms with van der Waals surface area (Å²) in [7, 11) is 0. The lowest BCUT2D eigenvalue weighted by molar-refractivity contribution is -0.143. The minimum Gasteiger partial charge on any atom is -0.466 e. The molecule has 71 heavy (non-hydrogen) atoms. The van der Waals surface area contributed by atoms with Crippen molar-refractivity contribution in [3.05, 3.63) is 36.5 Å². The number of carbonyl (C=O) groups is 2. The van der Waals surface area contributed by atoms with E-state index in [9.17, 15) is 19.8 Å². The van der Waals surface area contributed by atoms with E-state index in [-0.39, 0.29) is 18.5 Å². The van der Waals surface area contributed by atoms with E-state index in [1.54, 1.807) is 0 Å². The molecule has 0 heterocycles. The molecule has 0 fully saturated rings. The summed E-state index contributed by atoms with van der Waals surface area (Å²) in [6.45, 7) is 4.89. The molecular weight excluding hydrogens is 875 g/mol. The molecule has 0 aliphatic carbocycles. The van der Waals surface area contributed by atoms with E-state index in [1.165, 1.54) is 238 Å². The zero-order valence-electron chi connectivity index (χ0n) is 47.7. The fourth-order valence-corrected chi connectivity index (χ4v) is 9.79. The Hall–Kier alpha value is -1.92. The van der Waals surface area contributed by atoms with Gasteiger partial charge < -0.3 is 20.3 Å². The number of esters is 1. The van der Waals surface area contributed by atoms with Crippen molar-refractivity contribution in [1.82, 2.24) is 5.32 Å². The zero-order valence-corrected chi connectivity index (χ0v) is 47.7. The molecule has 6 nitrogen and oxygen atoms in total. The highest BCUT2D eigenvalue weighted by Crippen LogP contribution is 2.18. The lowest BCUT2D eigenvalue weighted by atomic mass is 10.0. The van der Waals surface area contributed by atoms with E-state index in [4.69, 9.17) is 4.74 Å². The Kier molecular flexibility index (Phi) is 59.0. The lowest BCUT2D eigenvalue weighted by Crippen LogP contribution is -2.45. The van der Waals surface area contributed by atoms with Crippen LogP contribution in [-0.4, -0.2) is 47.4 Å². The van der Waals surface area contributed by atoms with Crippen LogP contribution in [-0.2, 0) is 14.3 Å². The van der Waals surface area contributed by atoms with Crippen LogP contribution in [0.2, 0.25) is 0 Å². The topological polar surface area (TPSA) is 95.9 Å². The van der Waals surface area contributed by atoms with E-state index in [0.29, 0.717) is 25.9 Å². The Morgan fingerprint density at radius 3 is 1.13 bits per heavy atom. The number of ether oxygens (including phenoxy) is 1. The number of nitrogens with one attached hydrogen (secondary N) is 1. The first kappa shape index (κ1) is 69.1. The Labute approximate surface area is 443 Å². The maximum Gasteiger partial charge on any atom is 0.305 e. The predicted molar refractivity (Wildman–Crippen MR) is 310 cm³/mol. The Morgan fingerprint density at radius 1 is 0.394 bits per heavy atom. The van der Waals surface area contributed by atoms with Gasteiger partial charge in [-0.25, -0.2) is 0 Å². The maximum atomic E-state index is 12.5. The summed E-state index contributed by atoms with van der Waals surface area (Å²) < 4.78 is 5.43. The second-order valence-electron chi connectivity index (χ2n) is 21.8. The Balaban J connectivity index is 3.47. The highest BCUT2D eigenvalue weighted by atomic mass is 16.5. The third kappa shape index (κ3) is 57.2. The highest BCUT2D eigenvalue weighted by Gasteiger charge is 2.20. The van der Waals surface area contributed by atoms with Gasteiger partial charge in [-0.05, 0) is 77.0 Å². The molecule has 0 aliphatic heterocycles. The Bertz CT molecular complexity index is 1150. The smallest absolute Gasteiger partial charge is 0.305 e. The highest BCUT2D eigenvalue weighted by molar-refractivity contribution is 5.76. The average molecular weight is 999 g/mol. The normalized spacial score (nSPS) is 12.8. The van der Waals surface area contributed by atoms with Gasteiger partial charge in [0.1, 0.15) is 0 Å². The third-order valence-electron chi connectivity index (χ3n) is 14.7. The van der Waals surface area contributed by atoms with Crippen molar-refractivity contribution in [1.29, 1.82) is 0 Å². The summed E-state index contributed by atoms with van der Waals surface area (Å²) in [6.07, 6.45) is 75.9. The number of allylic oxidation sites excluding steroid dienone is 6. The molecule has 2 unspecified atom stereocenters. The minimum atomic E-state index is -0.673. The number of hydrogen-bond donors (Lipinski definition) is 3. The summed E-state index contributed by atoms with van der Waals surface area (Å²) in [5, 5.41) is 23.4. The first-order valence-electron chi connectivity index (χ1n) is 31.8. The molecule has 0 rings (SSSR count). The van der Waals surface area contributed by atoms with Crippen LogP contribution in [0.5, 0.6) is 0 Å². The van der Waals surface area contributed by atoms with Crippen molar-refractivity contribution < 1.29 is 24.5 Å². The molecule has 418 valence electrons. The van der Waals surface area contributed by atoms with Crippen LogP contribution in [0.15, 0.2) is 36.5 Å².